The summed E-state index contributed by atoms with van der Waals surface area (Å²) < 4.78 is 39.0. The monoisotopic (exact) mass is 386 g/mol. The Balaban J connectivity index is 0.000000646. The van der Waals surface area contributed by atoms with Gasteiger partial charge in [0.25, 0.3) is 0 Å². The van der Waals surface area contributed by atoms with E-state index in [0.29, 0.717) is 24.8 Å². The van der Waals surface area contributed by atoms with E-state index in [4.69, 9.17) is 9.47 Å². The van der Waals surface area contributed by atoms with E-state index in [9.17, 15) is 18.4 Å². The van der Waals surface area contributed by atoms with Gasteiger partial charge in [-0.15, -0.1) is 0 Å². The van der Waals surface area contributed by atoms with Gasteiger partial charge in [-0.2, -0.15) is 0 Å². The van der Waals surface area contributed by atoms with Crippen molar-refractivity contribution in [1.82, 2.24) is 0 Å². The van der Waals surface area contributed by atoms with Gasteiger partial charge in [0.2, 0.25) is 0 Å². The Morgan fingerprint density at radius 2 is 1.67 bits per heavy atom. The Hall–Kier alpha value is -1.56. The van der Waals surface area contributed by atoms with Gasteiger partial charge in [0.15, 0.2) is 0 Å². The molecule has 6 atom stereocenters. The first-order chi connectivity index (χ1) is 12.7. The molecule has 0 radical (unpaired) electrons. The number of methoxy groups -OCH3 is 1. The minimum absolute atomic E-state index is 0.0136. The van der Waals surface area contributed by atoms with Gasteiger partial charge in [0, 0.05) is 19.1 Å². The fourth-order valence-electron chi connectivity index (χ4n) is 3.73. The summed E-state index contributed by atoms with van der Waals surface area (Å²) in [7, 11) is 1.61. The molecule has 0 aromatic rings. The number of rotatable bonds is 5. The number of aldehydes is 1. The zero-order valence-corrected chi connectivity index (χ0v) is 16.6. The Morgan fingerprint density at radius 1 is 1.04 bits per heavy atom. The van der Waals surface area contributed by atoms with Gasteiger partial charge >= 0.3 is 5.97 Å². The van der Waals surface area contributed by atoms with E-state index < -0.39 is 24.4 Å². The first kappa shape index (κ1) is 23.5. The zero-order chi connectivity index (χ0) is 20.6. The van der Waals surface area contributed by atoms with Crippen molar-refractivity contribution in [2.45, 2.75) is 76.9 Å². The van der Waals surface area contributed by atoms with E-state index in [1.807, 2.05) is 0 Å². The average molecular weight is 386 g/mol. The predicted octanol–water partition coefficient (Wildman–Crippen LogP) is 4.53. The van der Waals surface area contributed by atoms with Crippen molar-refractivity contribution >= 4 is 12.3 Å². The molecule has 0 aromatic heterocycles. The van der Waals surface area contributed by atoms with Crippen molar-refractivity contribution in [3.8, 4) is 0 Å². The van der Waals surface area contributed by atoms with Crippen LogP contribution in [0.4, 0.5) is 8.78 Å². The van der Waals surface area contributed by atoms with E-state index in [1.165, 1.54) is 0 Å². The number of alkyl halides is 2. The second-order valence-corrected chi connectivity index (χ2v) is 7.63. The lowest BCUT2D eigenvalue weighted by atomic mass is 9.71. The molecule has 2 saturated carbocycles. The molecule has 4 nitrogen and oxygen atoms in total. The van der Waals surface area contributed by atoms with Crippen molar-refractivity contribution in [3.63, 3.8) is 0 Å². The molecule has 2 aliphatic rings. The van der Waals surface area contributed by atoms with E-state index >= 15 is 0 Å². The van der Waals surface area contributed by atoms with Crippen LogP contribution >= 0.6 is 0 Å². The third kappa shape index (κ3) is 7.53. The van der Waals surface area contributed by atoms with Gasteiger partial charge in [0.1, 0.15) is 24.7 Å². The number of carbonyl (C=O) groups is 2. The standard InChI is InChI=1S/C17H26F2O3.C4H6O/c1-10(2)17(20)22-16-7-4-11(8-15(16)19)13-6-5-12(21-3)9-14(13)18;1-4(2)3-5/h11-16H,1,4-9H2,2-3H3;3H,1H2,2H3. The maximum atomic E-state index is 14.3. The molecule has 6 unspecified atom stereocenters. The van der Waals surface area contributed by atoms with Gasteiger partial charge in [-0.05, 0) is 63.4 Å². The van der Waals surface area contributed by atoms with E-state index in [2.05, 4.69) is 13.2 Å². The Labute approximate surface area is 161 Å². The van der Waals surface area contributed by atoms with Crippen molar-refractivity contribution < 1.29 is 27.8 Å². The molecule has 2 rings (SSSR count). The van der Waals surface area contributed by atoms with Crippen LogP contribution in [0.2, 0.25) is 0 Å². The van der Waals surface area contributed by atoms with Crippen molar-refractivity contribution in [2.75, 3.05) is 7.11 Å². The van der Waals surface area contributed by atoms with E-state index in [-0.39, 0.29) is 29.9 Å². The van der Waals surface area contributed by atoms with Crippen molar-refractivity contribution in [1.29, 1.82) is 0 Å². The summed E-state index contributed by atoms with van der Waals surface area (Å²) in [6.45, 7) is 10.0. The number of allylic oxidation sites excluding steroid dienone is 1. The molecule has 154 valence electrons. The molecule has 0 saturated heterocycles. The molecule has 0 aliphatic heterocycles. The van der Waals surface area contributed by atoms with Crippen LogP contribution in [0.3, 0.4) is 0 Å². The van der Waals surface area contributed by atoms with Crippen LogP contribution in [0.15, 0.2) is 24.3 Å². The highest BCUT2D eigenvalue weighted by Crippen LogP contribution is 2.41. The Bertz CT molecular complexity index is 534. The molecule has 27 heavy (non-hydrogen) atoms. The second-order valence-electron chi connectivity index (χ2n) is 7.63. The minimum atomic E-state index is -1.21. The van der Waals surface area contributed by atoms with Gasteiger partial charge in [-0.3, -0.25) is 4.79 Å². The number of hydrogen-bond donors (Lipinski definition) is 0. The first-order valence-electron chi connectivity index (χ1n) is 9.47. The minimum Gasteiger partial charge on any atom is -0.456 e. The van der Waals surface area contributed by atoms with Gasteiger partial charge in [0.05, 0.1) is 6.10 Å². The predicted molar refractivity (Wildman–Crippen MR) is 101 cm³/mol. The van der Waals surface area contributed by atoms with Crippen LogP contribution in [0.5, 0.6) is 0 Å². The topological polar surface area (TPSA) is 52.6 Å². The zero-order valence-electron chi connectivity index (χ0n) is 16.6. The van der Waals surface area contributed by atoms with Gasteiger partial charge < -0.3 is 9.47 Å². The summed E-state index contributed by atoms with van der Waals surface area (Å²) in [5.41, 5.74) is 0.848. The molecular formula is C21H32F2O4. The summed E-state index contributed by atoms with van der Waals surface area (Å²) >= 11 is 0. The van der Waals surface area contributed by atoms with Gasteiger partial charge in [-0.25, -0.2) is 13.6 Å². The second kappa shape index (κ2) is 11.3. The van der Waals surface area contributed by atoms with Gasteiger partial charge in [-0.1, -0.05) is 13.2 Å². The molecule has 0 bridgehead atoms. The molecule has 0 aromatic carbocycles. The average Bonchev–Trinajstić information content (AvgIpc) is 2.63. The lowest BCUT2D eigenvalue weighted by Crippen LogP contribution is -2.41. The number of carbonyl (C=O) groups excluding carboxylic acids is 2. The first-order valence-corrected chi connectivity index (χ1v) is 9.47. The number of esters is 1. The van der Waals surface area contributed by atoms with Crippen molar-refractivity contribution in [2.24, 2.45) is 11.8 Å². The fraction of sp³-hybridized carbons (Fsp3) is 0.714. The van der Waals surface area contributed by atoms with Crippen LogP contribution in [0.25, 0.3) is 0 Å². The number of hydrogen-bond acceptors (Lipinski definition) is 4. The number of ether oxygens (including phenoxy) is 2. The highest BCUT2D eigenvalue weighted by molar-refractivity contribution is 5.87. The summed E-state index contributed by atoms with van der Waals surface area (Å²) in [6.07, 6.45) is 1.28. The molecule has 0 spiro atoms. The maximum Gasteiger partial charge on any atom is 0.333 e. The molecule has 0 N–H and O–H groups in total. The Kier molecular flexibility index (Phi) is 9.84. The molecular weight excluding hydrogens is 354 g/mol. The normalized spacial score (nSPS) is 33.2. The SMILES string of the molecule is C=C(C)C(=O)OC1CCC(C2CCC(OC)CC2F)CC1F.C=C(C)C=O. The lowest BCUT2D eigenvalue weighted by Gasteiger charge is -2.40. The summed E-state index contributed by atoms with van der Waals surface area (Å²) in [5, 5.41) is 0. The maximum absolute atomic E-state index is 14.3. The number of halogens is 2. The quantitative estimate of drug-likeness (QED) is 0.396. The summed E-state index contributed by atoms with van der Waals surface area (Å²) in [5.74, 6) is -0.611. The largest absolute Gasteiger partial charge is 0.456 e. The van der Waals surface area contributed by atoms with E-state index in [0.717, 1.165) is 19.1 Å². The molecule has 0 heterocycles. The van der Waals surface area contributed by atoms with E-state index in [1.54, 1.807) is 21.0 Å². The van der Waals surface area contributed by atoms with Crippen LogP contribution in [0, 0.1) is 11.8 Å². The highest BCUT2D eigenvalue weighted by Gasteiger charge is 2.41. The lowest BCUT2D eigenvalue weighted by molar-refractivity contribution is -0.151. The van der Waals surface area contributed by atoms with Crippen LogP contribution in [-0.4, -0.2) is 43.9 Å². The third-order valence-electron chi connectivity index (χ3n) is 5.27. The van der Waals surface area contributed by atoms with Crippen LogP contribution in [-0.2, 0) is 19.1 Å². The Morgan fingerprint density at radius 3 is 2.11 bits per heavy atom. The summed E-state index contributed by atoms with van der Waals surface area (Å²) in [6, 6.07) is 0. The highest BCUT2D eigenvalue weighted by atomic mass is 19.1. The van der Waals surface area contributed by atoms with Crippen LogP contribution in [0.1, 0.15) is 52.4 Å². The smallest absolute Gasteiger partial charge is 0.333 e. The third-order valence-corrected chi connectivity index (χ3v) is 5.27. The molecule has 2 aliphatic carbocycles. The fourth-order valence-corrected chi connectivity index (χ4v) is 3.73. The summed E-state index contributed by atoms with van der Waals surface area (Å²) in [4.78, 5) is 20.9. The molecule has 2 fully saturated rings. The molecule has 0 amide bonds. The molecule has 6 heteroatoms. The van der Waals surface area contributed by atoms with Crippen LogP contribution < -0.4 is 0 Å². The van der Waals surface area contributed by atoms with Crippen molar-refractivity contribution in [3.05, 3.63) is 24.3 Å².